The van der Waals surface area contributed by atoms with Gasteiger partial charge in [0.25, 0.3) is 0 Å². The summed E-state index contributed by atoms with van der Waals surface area (Å²) in [6.07, 6.45) is 11.2. The Hall–Kier alpha value is -4.47. The zero-order valence-corrected chi connectivity index (χ0v) is 31.4. The van der Waals surface area contributed by atoms with Crippen molar-refractivity contribution in [1.82, 2.24) is 19.3 Å². The number of fused-ring (bicyclic) bond motifs is 3. The molecule has 3 heterocycles. The minimum Gasteiger partial charge on any atom is -0.509 e. The number of aromatic nitrogens is 4. The predicted octanol–water partition coefficient (Wildman–Crippen LogP) is 10.5. The molecule has 0 aliphatic rings. The second kappa shape index (κ2) is 14.6. The van der Waals surface area contributed by atoms with Gasteiger partial charge >= 0.3 is 21.1 Å². The van der Waals surface area contributed by atoms with Crippen molar-refractivity contribution in [3.05, 3.63) is 131 Å². The molecule has 0 saturated carbocycles. The quantitative estimate of drug-likeness (QED) is 0.129. The fourth-order valence-corrected chi connectivity index (χ4v) is 7.59. The van der Waals surface area contributed by atoms with Crippen LogP contribution in [0.25, 0.3) is 44.4 Å². The summed E-state index contributed by atoms with van der Waals surface area (Å²) in [5.41, 5.74) is 14.0. The van der Waals surface area contributed by atoms with E-state index >= 15 is 0 Å². The Morgan fingerprint density at radius 2 is 1.37 bits per heavy atom. The molecule has 7 aromatic rings. The van der Waals surface area contributed by atoms with Crippen molar-refractivity contribution in [2.24, 2.45) is 0 Å². The van der Waals surface area contributed by atoms with Gasteiger partial charge in [0.2, 0.25) is 0 Å². The third kappa shape index (κ3) is 6.14. The minimum absolute atomic E-state index is 0. The number of pyridine rings is 1. The van der Waals surface area contributed by atoms with Crippen LogP contribution in [0.4, 0.5) is 0 Å². The van der Waals surface area contributed by atoms with Crippen molar-refractivity contribution in [3.8, 4) is 34.1 Å². The SMILES string of the molecule is CCc1c(CC)c(CC)c(-c2cnn(-c3[c-]c(Oc4[c-]c5c(cc4)c4ccccc4n5-c4cc(C)ccn4)ccc3)c2)c(CC)c1CC.[Pt+2]. The summed E-state index contributed by atoms with van der Waals surface area (Å²) in [6.45, 7) is 13.5. The van der Waals surface area contributed by atoms with Gasteiger partial charge in [-0.15, -0.1) is 35.7 Å². The molecule has 7 rings (SSSR count). The van der Waals surface area contributed by atoms with E-state index in [1.165, 1.54) is 27.8 Å². The van der Waals surface area contributed by atoms with Crippen LogP contribution in [0, 0.1) is 19.1 Å². The topological polar surface area (TPSA) is 44.9 Å². The number of benzene rings is 4. The van der Waals surface area contributed by atoms with Gasteiger partial charge < -0.3 is 9.30 Å². The molecule has 0 aliphatic heterocycles. The number of aryl methyl sites for hydroxylation is 1. The summed E-state index contributed by atoms with van der Waals surface area (Å²) in [6, 6.07) is 29.5. The largest absolute Gasteiger partial charge is 2.00 e. The normalized spacial score (nSPS) is 11.3. The summed E-state index contributed by atoms with van der Waals surface area (Å²) in [5, 5.41) is 7.10. The van der Waals surface area contributed by atoms with Gasteiger partial charge in [0.1, 0.15) is 5.82 Å². The van der Waals surface area contributed by atoms with Gasteiger partial charge in [0, 0.05) is 35.0 Å². The van der Waals surface area contributed by atoms with Crippen molar-refractivity contribution >= 4 is 21.8 Å². The number of ether oxygens (including phenoxy) is 1. The molecule has 0 spiro atoms. The van der Waals surface area contributed by atoms with Crippen molar-refractivity contribution < 1.29 is 25.8 Å². The number of rotatable bonds is 10. The smallest absolute Gasteiger partial charge is 0.509 e. The van der Waals surface area contributed by atoms with Gasteiger partial charge in [-0.1, -0.05) is 58.3 Å². The first-order valence-corrected chi connectivity index (χ1v) is 17.3. The first-order chi connectivity index (χ1) is 23.5. The van der Waals surface area contributed by atoms with Crippen molar-refractivity contribution in [3.63, 3.8) is 0 Å². The molecule has 0 N–H and O–H groups in total. The molecular formula is C43H42N4OPt. The Balaban J connectivity index is 0.00000417. The molecule has 250 valence electrons. The Kier molecular flexibility index (Phi) is 10.2. The molecule has 0 unspecified atom stereocenters. The van der Waals surface area contributed by atoms with E-state index < -0.39 is 0 Å². The number of nitrogens with zero attached hydrogens (tertiary/aromatic N) is 4. The van der Waals surface area contributed by atoms with Gasteiger partial charge in [0.05, 0.1) is 6.20 Å². The molecule has 0 amide bonds. The molecule has 5 nitrogen and oxygen atoms in total. The molecule has 3 aromatic heterocycles. The first-order valence-electron chi connectivity index (χ1n) is 17.3. The summed E-state index contributed by atoms with van der Waals surface area (Å²) in [7, 11) is 0. The van der Waals surface area contributed by atoms with Crippen LogP contribution in [0.3, 0.4) is 0 Å². The molecule has 0 bridgehead atoms. The monoisotopic (exact) mass is 825 g/mol. The van der Waals surface area contributed by atoms with E-state index in [0.717, 1.165) is 76.5 Å². The van der Waals surface area contributed by atoms with E-state index in [2.05, 4.69) is 101 Å². The molecule has 0 radical (unpaired) electrons. The van der Waals surface area contributed by atoms with Crippen LogP contribution in [-0.4, -0.2) is 19.3 Å². The van der Waals surface area contributed by atoms with E-state index in [1.807, 2.05) is 47.4 Å². The van der Waals surface area contributed by atoms with Crippen LogP contribution in [-0.2, 0) is 53.2 Å². The average molecular weight is 826 g/mol. The maximum Gasteiger partial charge on any atom is 2.00 e. The van der Waals surface area contributed by atoms with E-state index in [4.69, 9.17) is 14.8 Å². The second-order valence-electron chi connectivity index (χ2n) is 12.3. The molecule has 49 heavy (non-hydrogen) atoms. The molecule has 0 atom stereocenters. The molecule has 6 heteroatoms. The second-order valence-corrected chi connectivity index (χ2v) is 12.3. The van der Waals surface area contributed by atoms with E-state index in [9.17, 15) is 0 Å². The minimum atomic E-state index is 0. The fraction of sp³-hybridized carbons (Fsp3) is 0.256. The van der Waals surface area contributed by atoms with Crippen LogP contribution in [0.2, 0.25) is 0 Å². The van der Waals surface area contributed by atoms with Gasteiger partial charge in [-0.2, -0.15) is 17.2 Å². The van der Waals surface area contributed by atoms with Crippen molar-refractivity contribution in [2.75, 3.05) is 0 Å². The van der Waals surface area contributed by atoms with Gasteiger partial charge in [-0.25, -0.2) is 4.98 Å². The standard InChI is InChI=1S/C43H42N4O.Pt/c1-7-33-34(8-2)36(10-4)43(37(11-5)35(33)9-3)29-26-45-46(27-29)30-15-14-16-31(24-30)48-32-19-20-39-38-17-12-13-18-40(38)47(41(39)25-32)42-23-28(6)21-22-44-42;/h12-23,26-27H,7-11H2,1-6H3;/q-2;+2. The maximum absolute atomic E-state index is 6.42. The first kappa shape index (κ1) is 34.4. The number of hydrogen-bond acceptors (Lipinski definition) is 3. The van der Waals surface area contributed by atoms with Crippen molar-refractivity contribution in [1.29, 1.82) is 0 Å². The van der Waals surface area contributed by atoms with Gasteiger partial charge in [-0.05, 0) is 107 Å². The molecule has 0 aliphatic carbocycles. The fourth-order valence-electron chi connectivity index (χ4n) is 7.59. The van der Waals surface area contributed by atoms with Crippen LogP contribution < -0.4 is 4.74 Å². The maximum atomic E-state index is 6.42. The summed E-state index contributed by atoms with van der Waals surface area (Å²) in [5.74, 6) is 2.08. The number of hydrogen-bond donors (Lipinski definition) is 0. The van der Waals surface area contributed by atoms with Gasteiger partial charge in [-0.3, -0.25) is 4.68 Å². The van der Waals surface area contributed by atoms with Crippen LogP contribution in [0.5, 0.6) is 11.5 Å². The summed E-state index contributed by atoms with van der Waals surface area (Å²) >= 11 is 0. The Morgan fingerprint density at radius 1 is 0.694 bits per heavy atom. The van der Waals surface area contributed by atoms with Crippen LogP contribution in [0.15, 0.2) is 85.3 Å². The Labute approximate surface area is 304 Å². The van der Waals surface area contributed by atoms with Crippen LogP contribution in [0.1, 0.15) is 68.0 Å². The molecular weight excluding hydrogens is 784 g/mol. The van der Waals surface area contributed by atoms with Crippen molar-refractivity contribution in [2.45, 2.75) is 73.6 Å². The predicted molar refractivity (Wildman–Crippen MR) is 197 cm³/mol. The zero-order valence-electron chi connectivity index (χ0n) is 29.1. The number of para-hydroxylation sites is 1. The van der Waals surface area contributed by atoms with E-state index in [-0.39, 0.29) is 21.1 Å². The van der Waals surface area contributed by atoms with E-state index in [1.54, 1.807) is 5.56 Å². The summed E-state index contributed by atoms with van der Waals surface area (Å²) < 4.78 is 10.5. The summed E-state index contributed by atoms with van der Waals surface area (Å²) in [4.78, 5) is 4.70. The third-order valence-electron chi connectivity index (χ3n) is 9.61. The van der Waals surface area contributed by atoms with Crippen LogP contribution >= 0.6 is 0 Å². The average Bonchev–Trinajstić information content (AvgIpc) is 3.73. The van der Waals surface area contributed by atoms with E-state index in [0.29, 0.717) is 11.5 Å². The molecule has 0 fully saturated rings. The Morgan fingerprint density at radius 3 is 2.06 bits per heavy atom. The Bertz CT molecular complexity index is 2250. The molecule has 0 saturated heterocycles. The van der Waals surface area contributed by atoms with Gasteiger partial charge in [0.15, 0.2) is 0 Å². The molecule has 4 aromatic carbocycles. The third-order valence-corrected chi connectivity index (χ3v) is 9.61. The zero-order chi connectivity index (χ0) is 33.4.